The molecule has 0 amide bonds. The maximum absolute atomic E-state index is 12.5. The third-order valence-corrected chi connectivity index (χ3v) is 5.97. The molecule has 0 spiro atoms. The highest BCUT2D eigenvalue weighted by Gasteiger charge is 2.38. The lowest BCUT2D eigenvalue weighted by atomic mass is 9.79. The van der Waals surface area contributed by atoms with Crippen LogP contribution in [0.5, 0.6) is 0 Å². The maximum atomic E-state index is 12.5. The number of nitro groups is 1. The van der Waals surface area contributed by atoms with Crippen LogP contribution in [0.3, 0.4) is 0 Å². The molecule has 1 fully saturated rings. The highest BCUT2D eigenvalue weighted by atomic mass is 32.2. The first-order valence-electron chi connectivity index (χ1n) is 6.65. The number of nitrogens with zero attached hydrogens (tertiary/aromatic N) is 2. The van der Waals surface area contributed by atoms with Crippen molar-refractivity contribution in [3.8, 4) is 0 Å². The average Bonchev–Trinajstić information content (AvgIpc) is 2.41. The van der Waals surface area contributed by atoms with E-state index < -0.39 is 14.9 Å². The largest absolute Gasteiger partial charge is 0.326 e. The van der Waals surface area contributed by atoms with Crippen LogP contribution < -0.4 is 5.73 Å². The Morgan fingerprint density at radius 2 is 1.90 bits per heavy atom. The van der Waals surface area contributed by atoms with Crippen molar-refractivity contribution in [2.24, 2.45) is 11.1 Å². The standard InChI is InChI=1S/C13H19N3O4S/c1-13(2)7-8-15(9-12(13)14)21(19,20)11-5-3-10(4-6-11)16(17)18/h3-6,12H,7-9,14H2,1-2H3. The van der Waals surface area contributed by atoms with E-state index in [9.17, 15) is 18.5 Å². The zero-order chi connectivity index (χ0) is 15.8. The zero-order valence-corrected chi connectivity index (χ0v) is 12.8. The van der Waals surface area contributed by atoms with Crippen molar-refractivity contribution in [1.82, 2.24) is 4.31 Å². The van der Waals surface area contributed by atoms with Crippen LogP contribution in [0.4, 0.5) is 5.69 Å². The van der Waals surface area contributed by atoms with Gasteiger partial charge in [-0.2, -0.15) is 4.31 Å². The van der Waals surface area contributed by atoms with Gasteiger partial charge in [-0.15, -0.1) is 0 Å². The summed E-state index contributed by atoms with van der Waals surface area (Å²) in [5, 5.41) is 10.6. The summed E-state index contributed by atoms with van der Waals surface area (Å²) in [5.41, 5.74) is 5.82. The molecule has 8 heteroatoms. The van der Waals surface area contributed by atoms with Crippen molar-refractivity contribution in [2.75, 3.05) is 13.1 Å². The highest BCUT2D eigenvalue weighted by molar-refractivity contribution is 7.89. The Labute approximate surface area is 123 Å². The maximum Gasteiger partial charge on any atom is 0.269 e. The Morgan fingerprint density at radius 3 is 2.38 bits per heavy atom. The van der Waals surface area contributed by atoms with Gasteiger partial charge in [0.15, 0.2) is 0 Å². The molecule has 1 saturated heterocycles. The summed E-state index contributed by atoms with van der Waals surface area (Å²) in [4.78, 5) is 10.1. The van der Waals surface area contributed by atoms with Gasteiger partial charge in [0, 0.05) is 31.3 Å². The number of nitro benzene ring substituents is 1. The van der Waals surface area contributed by atoms with Crippen molar-refractivity contribution in [3.63, 3.8) is 0 Å². The van der Waals surface area contributed by atoms with Gasteiger partial charge in [0.25, 0.3) is 5.69 Å². The molecule has 1 aliphatic rings. The van der Waals surface area contributed by atoms with Crippen LogP contribution in [0.15, 0.2) is 29.2 Å². The summed E-state index contributed by atoms with van der Waals surface area (Å²) in [6.07, 6.45) is 0.681. The van der Waals surface area contributed by atoms with Crippen LogP contribution in [-0.4, -0.2) is 36.8 Å². The van der Waals surface area contributed by atoms with E-state index in [2.05, 4.69) is 0 Å². The first kappa shape index (κ1) is 15.9. The molecular formula is C13H19N3O4S. The molecule has 1 atom stereocenters. The minimum Gasteiger partial charge on any atom is -0.326 e. The van der Waals surface area contributed by atoms with Gasteiger partial charge >= 0.3 is 0 Å². The normalized spacial score (nSPS) is 22.9. The number of non-ortho nitro benzene ring substituents is 1. The summed E-state index contributed by atoms with van der Waals surface area (Å²) < 4.78 is 26.4. The van der Waals surface area contributed by atoms with E-state index >= 15 is 0 Å². The summed E-state index contributed by atoms with van der Waals surface area (Å²) >= 11 is 0. The second-order valence-corrected chi connectivity index (χ2v) is 7.90. The Balaban J connectivity index is 2.24. The van der Waals surface area contributed by atoms with E-state index in [1.807, 2.05) is 13.8 Å². The molecular weight excluding hydrogens is 294 g/mol. The molecule has 0 bridgehead atoms. The molecule has 21 heavy (non-hydrogen) atoms. The minimum atomic E-state index is -3.66. The van der Waals surface area contributed by atoms with E-state index in [1.54, 1.807) is 0 Å². The van der Waals surface area contributed by atoms with Crippen molar-refractivity contribution in [3.05, 3.63) is 34.4 Å². The Hall–Kier alpha value is -1.51. The molecule has 1 unspecified atom stereocenters. The predicted octanol–water partition coefficient (Wildman–Crippen LogP) is 1.34. The number of piperidine rings is 1. The number of hydrogen-bond donors (Lipinski definition) is 1. The first-order chi connectivity index (χ1) is 9.64. The molecule has 0 aromatic heterocycles. The van der Waals surface area contributed by atoms with Crippen LogP contribution in [0.1, 0.15) is 20.3 Å². The van der Waals surface area contributed by atoms with Crippen molar-refractivity contribution >= 4 is 15.7 Å². The zero-order valence-electron chi connectivity index (χ0n) is 12.0. The Morgan fingerprint density at radius 1 is 1.33 bits per heavy atom. The van der Waals surface area contributed by atoms with Gasteiger partial charge in [-0.25, -0.2) is 8.42 Å². The second-order valence-electron chi connectivity index (χ2n) is 5.96. The van der Waals surface area contributed by atoms with Crippen molar-refractivity contribution in [2.45, 2.75) is 31.2 Å². The number of rotatable bonds is 3. The average molecular weight is 313 g/mol. The van der Waals surface area contributed by atoms with Gasteiger partial charge in [0.05, 0.1) is 9.82 Å². The second kappa shape index (κ2) is 5.36. The van der Waals surface area contributed by atoms with E-state index in [0.717, 1.165) is 0 Å². The number of sulfonamides is 1. The molecule has 116 valence electrons. The van der Waals surface area contributed by atoms with Crippen molar-refractivity contribution < 1.29 is 13.3 Å². The molecule has 2 N–H and O–H groups in total. The molecule has 0 saturated carbocycles. The number of benzene rings is 1. The van der Waals surface area contributed by atoms with Gasteiger partial charge in [-0.05, 0) is 24.0 Å². The van der Waals surface area contributed by atoms with E-state index in [4.69, 9.17) is 5.73 Å². The summed E-state index contributed by atoms with van der Waals surface area (Å²) in [6.45, 7) is 4.70. The summed E-state index contributed by atoms with van der Waals surface area (Å²) in [7, 11) is -3.66. The molecule has 0 radical (unpaired) electrons. The fourth-order valence-corrected chi connectivity index (χ4v) is 3.73. The van der Waals surface area contributed by atoms with Gasteiger partial charge < -0.3 is 5.73 Å². The molecule has 1 heterocycles. The fourth-order valence-electron chi connectivity index (χ4n) is 2.26. The molecule has 0 aliphatic carbocycles. The van der Waals surface area contributed by atoms with E-state index in [-0.39, 0.29) is 28.6 Å². The quantitative estimate of drug-likeness (QED) is 0.669. The topological polar surface area (TPSA) is 107 Å². The predicted molar refractivity (Wildman–Crippen MR) is 78.2 cm³/mol. The lowest BCUT2D eigenvalue weighted by Crippen LogP contribution is -2.54. The third kappa shape index (κ3) is 3.07. The van der Waals surface area contributed by atoms with Gasteiger partial charge in [0.2, 0.25) is 10.0 Å². The first-order valence-corrected chi connectivity index (χ1v) is 8.09. The molecule has 1 aromatic carbocycles. The SMILES string of the molecule is CC1(C)CCN(S(=O)(=O)c2ccc([N+](=O)[O-])cc2)CC1N. The third-order valence-electron chi connectivity index (χ3n) is 4.09. The molecule has 2 rings (SSSR count). The van der Waals surface area contributed by atoms with Crippen LogP contribution >= 0.6 is 0 Å². The van der Waals surface area contributed by atoms with Crippen LogP contribution in [0.2, 0.25) is 0 Å². The summed E-state index contributed by atoms with van der Waals surface area (Å²) in [5.74, 6) is 0. The molecule has 1 aromatic rings. The fraction of sp³-hybridized carbons (Fsp3) is 0.538. The Bertz CT molecular complexity index is 640. The monoisotopic (exact) mass is 313 g/mol. The number of hydrogen-bond acceptors (Lipinski definition) is 5. The van der Waals surface area contributed by atoms with Crippen LogP contribution in [0, 0.1) is 15.5 Å². The van der Waals surface area contributed by atoms with E-state index in [0.29, 0.717) is 13.0 Å². The number of nitrogens with two attached hydrogens (primary N) is 1. The van der Waals surface area contributed by atoms with Crippen LogP contribution in [0.25, 0.3) is 0 Å². The van der Waals surface area contributed by atoms with Gasteiger partial charge in [-0.3, -0.25) is 10.1 Å². The Kier molecular flexibility index (Phi) is 4.05. The highest BCUT2D eigenvalue weighted by Crippen LogP contribution is 2.32. The van der Waals surface area contributed by atoms with E-state index in [1.165, 1.54) is 28.6 Å². The lowest BCUT2D eigenvalue weighted by Gasteiger charge is -2.41. The molecule has 1 aliphatic heterocycles. The lowest BCUT2D eigenvalue weighted by molar-refractivity contribution is -0.384. The smallest absolute Gasteiger partial charge is 0.269 e. The molecule has 7 nitrogen and oxygen atoms in total. The van der Waals surface area contributed by atoms with Crippen molar-refractivity contribution in [1.29, 1.82) is 0 Å². The van der Waals surface area contributed by atoms with Gasteiger partial charge in [-0.1, -0.05) is 13.8 Å². The minimum absolute atomic E-state index is 0.0556. The van der Waals surface area contributed by atoms with Crippen LogP contribution in [-0.2, 0) is 10.0 Å². The summed E-state index contributed by atoms with van der Waals surface area (Å²) in [6, 6.07) is 4.68. The van der Waals surface area contributed by atoms with Gasteiger partial charge in [0.1, 0.15) is 0 Å².